The maximum atomic E-state index is 5.28. The van der Waals surface area contributed by atoms with E-state index < -0.39 is 0 Å². The molecule has 9 aromatic rings. The predicted molar refractivity (Wildman–Crippen MR) is 217 cm³/mol. The van der Waals surface area contributed by atoms with Gasteiger partial charge in [-0.05, 0) is 50.6 Å². The molecule has 0 saturated carbocycles. The summed E-state index contributed by atoms with van der Waals surface area (Å²) in [5, 5.41) is 2.60. The Morgan fingerprint density at radius 1 is 0.385 bits per heavy atom. The van der Waals surface area contributed by atoms with E-state index in [1.807, 2.05) is 17.4 Å². The lowest BCUT2D eigenvalue weighted by atomic mass is 9.82. The molecule has 1 aliphatic rings. The first-order chi connectivity index (χ1) is 25.5. The molecular weight excluding hydrogens is 651 g/mol. The Bertz CT molecular complexity index is 2810. The van der Waals surface area contributed by atoms with Gasteiger partial charge in [0.25, 0.3) is 0 Å². The highest BCUT2D eigenvalue weighted by Gasteiger charge is 2.37. The summed E-state index contributed by atoms with van der Waals surface area (Å²) in [7, 11) is 0. The Morgan fingerprint density at radius 2 is 0.923 bits per heavy atom. The van der Waals surface area contributed by atoms with Crippen LogP contribution in [0.3, 0.4) is 0 Å². The second-order valence-electron chi connectivity index (χ2n) is 14.0. The average Bonchev–Trinajstić information content (AvgIpc) is 3.70. The third-order valence-electron chi connectivity index (χ3n) is 10.6. The molecule has 0 saturated heterocycles. The minimum atomic E-state index is -0.131. The van der Waals surface area contributed by atoms with Crippen molar-refractivity contribution in [3.05, 3.63) is 175 Å². The van der Waals surface area contributed by atoms with Gasteiger partial charge >= 0.3 is 0 Å². The molecule has 0 N–H and O–H groups in total. The van der Waals surface area contributed by atoms with Crippen LogP contribution < -0.4 is 0 Å². The van der Waals surface area contributed by atoms with Crippen LogP contribution in [0.5, 0.6) is 0 Å². The summed E-state index contributed by atoms with van der Waals surface area (Å²) in [6.07, 6.45) is 0. The lowest BCUT2D eigenvalue weighted by Crippen LogP contribution is -2.14. The summed E-state index contributed by atoms with van der Waals surface area (Å²) in [5.41, 5.74) is 12.5. The predicted octanol–water partition coefficient (Wildman–Crippen LogP) is 12.9. The number of benzene rings is 7. The van der Waals surface area contributed by atoms with Gasteiger partial charge in [-0.15, -0.1) is 11.3 Å². The second kappa shape index (κ2) is 11.9. The molecule has 0 unspecified atom stereocenters. The molecule has 2 aromatic heterocycles. The van der Waals surface area contributed by atoms with Crippen molar-refractivity contribution in [3.63, 3.8) is 0 Å². The van der Waals surface area contributed by atoms with Gasteiger partial charge in [-0.1, -0.05) is 172 Å². The number of fused-ring (bicyclic) bond motifs is 6. The van der Waals surface area contributed by atoms with Crippen LogP contribution in [0.15, 0.2) is 164 Å². The van der Waals surface area contributed by atoms with Crippen LogP contribution in [0, 0.1) is 0 Å². The molecule has 0 spiro atoms. The van der Waals surface area contributed by atoms with Crippen LogP contribution in [-0.2, 0) is 5.41 Å². The standard InChI is InChI=1S/C48H33N3S/c1-48(2)40-23-10-8-19-38(40)43-39(22-13-24-41(43)48)47-50-45(49-46(51-47)37-18-7-6-16-33(37)30-14-4-3-5-15-30)32-28-26-31(27-29-32)34-20-12-21-36-35-17-9-11-25-42(35)52-44(34)36/h3-29H,1-2H3. The number of nitrogens with zero attached hydrogens (tertiary/aromatic N) is 3. The third kappa shape index (κ3) is 4.83. The number of thiophene rings is 1. The van der Waals surface area contributed by atoms with E-state index in [9.17, 15) is 0 Å². The first-order valence-electron chi connectivity index (χ1n) is 17.7. The molecule has 0 atom stereocenters. The molecular formula is C48H33N3S. The van der Waals surface area contributed by atoms with Crippen molar-refractivity contribution in [1.82, 2.24) is 15.0 Å². The van der Waals surface area contributed by atoms with E-state index in [4.69, 9.17) is 15.0 Å². The molecule has 3 nitrogen and oxygen atoms in total. The first kappa shape index (κ1) is 30.6. The van der Waals surface area contributed by atoms with Crippen molar-refractivity contribution in [2.45, 2.75) is 19.3 Å². The fourth-order valence-electron chi connectivity index (χ4n) is 8.01. The molecule has 0 aliphatic heterocycles. The molecule has 2 heterocycles. The third-order valence-corrected chi connectivity index (χ3v) is 11.8. The fraction of sp³-hybridized carbons (Fsp3) is 0.0625. The normalized spacial score (nSPS) is 13.0. The van der Waals surface area contributed by atoms with Gasteiger partial charge in [0.2, 0.25) is 0 Å². The Labute approximate surface area is 307 Å². The molecule has 0 radical (unpaired) electrons. The van der Waals surface area contributed by atoms with Crippen LogP contribution in [0.2, 0.25) is 0 Å². The van der Waals surface area contributed by atoms with Crippen LogP contribution >= 0.6 is 11.3 Å². The van der Waals surface area contributed by atoms with E-state index in [0.29, 0.717) is 17.5 Å². The summed E-state index contributed by atoms with van der Waals surface area (Å²) in [4.78, 5) is 15.8. The quantitative estimate of drug-likeness (QED) is 0.181. The number of aromatic nitrogens is 3. The lowest BCUT2D eigenvalue weighted by Gasteiger charge is -2.21. The topological polar surface area (TPSA) is 38.7 Å². The van der Waals surface area contributed by atoms with Gasteiger partial charge in [-0.2, -0.15) is 0 Å². The van der Waals surface area contributed by atoms with E-state index in [2.05, 4.69) is 172 Å². The molecule has 10 rings (SSSR count). The number of hydrogen-bond acceptors (Lipinski definition) is 4. The maximum Gasteiger partial charge on any atom is 0.164 e. The van der Waals surface area contributed by atoms with Gasteiger partial charge in [0.15, 0.2) is 17.5 Å². The summed E-state index contributed by atoms with van der Waals surface area (Å²) in [5.74, 6) is 1.98. The Hall–Kier alpha value is -6.23. The van der Waals surface area contributed by atoms with Crippen LogP contribution in [-0.4, -0.2) is 15.0 Å². The van der Waals surface area contributed by atoms with E-state index in [0.717, 1.165) is 27.8 Å². The highest BCUT2D eigenvalue weighted by atomic mass is 32.1. The van der Waals surface area contributed by atoms with E-state index >= 15 is 0 Å². The van der Waals surface area contributed by atoms with Gasteiger partial charge in [-0.25, -0.2) is 15.0 Å². The summed E-state index contributed by atoms with van der Waals surface area (Å²) >= 11 is 1.85. The lowest BCUT2D eigenvalue weighted by molar-refractivity contribution is 0.660. The Balaban J connectivity index is 1.16. The van der Waals surface area contributed by atoms with Gasteiger partial charge < -0.3 is 0 Å². The van der Waals surface area contributed by atoms with E-state index in [1.54, 1.807) is 0 Å². The highest BCUT2D eigenvalue weighted by Crippen LogP contribution is 2.51. The zero-order valence-electron chi connectivity index (χ0n) is 28.8. The fourth-order valence-corrected chi connectivity index (χ4v) is 9.25. The molecule has 52 heavy (non-hydrogen) atoms. The maximum absolute atomic E-state index is 5.28. The highest BCUT2D eigenvalue weighted by molar-refractivity contribution is 7.26. The molecule has 4 heteroatoms. The van der Waals surface area contributed by atoms with Crippen molar-refractivity contribution in [2.24, 2.45) is 0 Å². The molecule has 0 fully saturated rings. The molecule has 0 bridgehead atoms. The zero-order chi connectivity index (χ0) is 34.8. The van der Waals surface area contributed by atoms with Crippen LogP contribution in [0.25, 0.3) is 87.7 Å². The summed E-state index contributed by atoms with van der Waals surface area (Å²) in [6.45, 7) is 4.62. The van der Waals surface area contributed by atoms with Crippen LogP contribution in [0.4, 0.5) is 0 Å². The molecule has 7 aromatic carbocycles. The minimum Gasteiger partial charge on any atom is -0.208 e. The molecule has 0 amide bonds. The Kier molecular flexibility index (Phi) is 7.02. The van der Waals surface area contributed by atoms with E-state index in [1.165, 1.54) is 53.6 Å². The van der Waals surface area contributed by atoms with Crippen molar-refractivity contribution in [2.75, 3.05) is 0 Å². The zero-order valence-corrected chi connectivity index (χ0v) is 29.7. The van der Waals surface area contributed by atoms with Gasteiger partial charge in [-0.3, -0.25) is 0 Å². The largest absolute Gasteiger partial charge is 0.208 e. The van der Waals surface area contributed by atoms with Gasteiger partial charge in [0, 0.05) is 42.3 Å². The number of rotatable bonds is 5. The van der Waals surface area contributed by atoms with Crippen LogP contribution in [0.1, 0.15) is 25.0 Å². The van der Waals surface area contributed by atoms with Crippen molar-refractivity contribution in [3.8, 4) is 67.5 Å². The second-order valence-corrected chi connectivity index (χ2v) is 15.0. The SMILES string of the molecule is CC1(C)c2ccccc2-c2c(-c3nc(-c4ccc(-c5cccc6c5sc5ccccc56)cc4)nc(-c4ccccc4-c4ccccc4)n3)cccc21. The van der Waals surface area contributed by atoms with Gasteiger partial charge in [0.05, 0.1) is 0 Å². The summed E-state index contributed by atoms with van der Waals surface area (Å²) < 4.78 is 2.61. The smallest absolute Gasteiger partial charge is 0.164 e. The van der Waals surface area contributed by atoms with Crippen molar-refractivity contribution < 1.29 is 0 Å². The van der Waals surface area contributed by atoms with Crippen molar-refractivity contribution in [1.29, 1.82) is 0 Å². The van der Waals surface area contributed by atoms with E-state index in [-0.39, 0.29) is 5.41 Å². The monoisotopic (exact) mass is 683 g/mol. The van der Waals surface area contributed by atoms with Crippen molar-refractivity contribution >= 4 is 31.5 Å². The Morgan fingerprint density at radius 3 is 1.75 bits per heavy atom. The molecule has 1 aliphatic carbocycles. The molecule has 246 valence electrons. The average molecular weight is 684 g/mol. The number of hydrogen-bond donors (Lipinski definition) is 0. The first-order valence-corrected chi connectivity index (χ1v) is 18.5. The summed E-state index contributed by atoms with van der Waals surface area (Å²) in [6, 6.07) is 58.2. The minimum absolute atomic E-state index is 0.131. The van der Waals surface area contributed by atoms with Gasteiger partial charge in [0.1, 0.15) is 0 Å².